The molecule has 0 radical (unpaired) electrons. The van der Waals surface area contributed by atoms with Gasteiger partial charge in [-0.25, -0.2) is 0 Å². The molecule has 6 heteroatoms. The largest absolute Gasteiger partial charge is 0.393 e. The summed E-state index contributed by atoms with van der Waals surface area (Å²) in [6.45, 7) is 7.17. The topological polar surface area (TPSA) is 77.9 Å². The molecule has 0 aliphatic carbocycles. The molecule has 0 unspecified atom stereocenters. The number of piperidine rings is 1. The Morgan fingerprint density at radius 3 is 2.41 bits per heavy atom. The molecule has 3 amide bonds. The smallest absolute Gasteiger partial charge is 0.240 e. The number of carbonyl (C=O) groups excluding carboxylic acids is 3. The molecule has 6 nitrogen and oxygen atoms in total. The molecule has 0 bridgehead atoms. The minimum atomic E-state index is -1.12. The summed E-state index contributed by atoms with van der Waals surface area (Å²) >= 11 is 0. The standard InChI is InChI=1S/C23H32N2O4/c1-4-19(26)17-10-12-24(13-11-17)20(27)14-23(18-9-7-6-8-16(18)3)15-21(28)25(5-2)22(23)29/h6-9,17,19,26H,4-5,10-15H2,1-3H3/t19-,23+/m0/s1. The highest BCUT2D eigenvalue weighted by atomic mass is 16.3. The van der Waals surface area contributed by atoms with Crippen LogP contribution < -0.4 is 0 Å². The van der Waals surface area contributed by atoms with Crippen molar-refractivity contribution in [2.45, 2.75) is 64.4 Å². The number of aryl methyl sites for hydroxylation is 1. The van der Waals surface area contributed by atoms with Crippen LogP contribution >= 0.6 is 0 Å². The summed E-state index contributed by atoms with van der Waals surface area (Å²) in [5.41, 5.74) is 0.582. The average Bonchev–Trinajstić information content (AvgIpc) is 2.97. The Balaban J connectivity index is 1.84. The number of hydrogen-bond donors (Lipinski definition) is 1. The second-order valence-electron chi connectivity index (χ2n) is 8.39. The summed E-state index contributed by atoms with van der Waals surface area (Å²) in [7, 11) is 0. The van der Waals surface area contributed by atoms with E-state index >= 15 is 0 Å². The quantitative estimate of drug-likeness (QED) is 0.744. The summed E-state index contributed by atoms with van der Waals surface area (Å²) in [4.78, 5) is 42.2. The van der Waals surface area contributed by atoms with E-state index in [2.05, 4.69) is 0 Å². The van der Waals surface area contributed by atoms with E-state index in [4.69, 9.17) is 0 Å². The van der Waals surface area contributed by atoms with E-state index in [0.717, 1.165) is 30.4 Å². The van der Waals surface area contributed by atoms with Gasteiger partial charge >= 0.3 is 0 Å². The van der Waals surface area contributed by atoms with Crippen LogP contribution in [0.2, 0.25) is 0 Å². The monoisotopic (exact) mass is 400 g/mol. The van der Waals surface area contributed by atoms with Gasteiger partial charge < -0.3 is 10.0 Å². The Morgan fingerprint density at radius 2 is 1.86 bits per heavy atom. The van der Waals surface area contributed by atoms with E-state index in [9.17, 15) is 19.5 Å². The number of rotatable bonds is 6. The Labute approximate surface area is 172 Å². The molecule has 2 aliphatic rings. The van der Waals surface area contributed by atoms with Crippen molar-refractivity contribution < 1.29 is 19.5 Å². The minimum Gasteiger partial charge on any atom is -0.393 e. The molecule has 3 rings (SSSR count). The normalized spacial score (nSPS) is 24.3. The number of likely N-dealkylation sites (tertiary alicyclic amines) is 2. The molecule has 0 spiro atoms. The van der Waals surface area contributed by atoms with E-state index in [0.29, 0.717) is 19.6 Å². The maximum Gasteiger partial charge on any atom is 0.240 e. The molecule has 0 saturated carbocycles. The SMILES string of the molecule is CC[C@H](O)C1CCN(C(=O)C[C@]2(c3ccccc3C)CC(=O)N(CC)C2=O)CC1. The molecule has 2 fully saturated rings. The highest BCUT2D eigenvalue weighted by molar-refractivity contribution is 6.10. The van der Waals surface area contributed by atoms with Crippen LogP contribution in [-0.2, 0) is 19.8 Å². The van der Waals surface area contributed by atoms with Gasteiger partial charge in [0, 0.05) is 32.5 Å². The molecule has 1 N–H and O–H groups in total. The number of imide groups is 1. The predicted octanol–water partition coefficient (Wildman–Crippen LogP) is 2.41. The highest BCUT2D eigenvalue weighted by Crippen LogP contribution is 2.42. The molecule has 2 aliphatic heterocycles. The van der Waals surface area contributed by atoms with Gasteiger partial charge in [0.1, 0.15) is 0 Å². The number of hydrogen-bond acceptors (Lipinski definition) is 4. The van der Waals surface area contributed by atoms with Crippen LogP contribution in [0.15, 0.2) is 24.3 Å². The second-order valence-corrected chi connectivity index (χ2v) is 8.39. The summed E-state index contributed by atoms with van der Waals surface area (Å²) in [6.07, 6.45) is 2.00. The first-order valence-electron chi connectivity index (χ1n) is 10.7. The van der Waals surface area contributed by atoms with Crippen molar-refractivity contribution in [3.05, 3.63) is 35.4 Å². The first-order chi connectivity index (χ1) is 13.8. The number of amides is 3. The van der Waals surface area contributed by atoms with Gasteiger partial charge in [0.25, 0.3) is 0 Å². The Morgan fingerprint density at radius 1 is 1.21 bits per heavy atom. The van der Waals surface area contributed by atoms with Crippen molar-refractivity contribution in [1.29, 1.82) is 0 Å². The van der Waals surface area contributed by atoms with Crippen LogP contribution in [0.25, 0.3) is 0 Å². The van der Waals surface area contributed by atoms with Crippen LogP contribution in [0, 0.1) is 12.8 Å². The van der Waals surface area contributed by atoms with Gasteiger partial charge in [-0.2, -0.15) is 0 Å². The molecular weight excluding hydrogens is 368 g/mol. The summed E-state index contributed by atoms with van der Waals surface area (Å²) in [6, 6.07) is 7.55. The summed E-state index contributed by atoms with van der Waals surface area (Å²) in [5.74, 6) is -0.335. The van der Waals surface area contributed by atoms with Crippen molar-refractivity contribution >= 4 is 17.7 Å². The molecule has 1 aromatic carbocycles. The maximum absolute atomic E-state index is 13.3. The number of likely N-dealkylation sites (N-methyl/N-ethyl adjacent to an activating group) is 1. The van der Waals surface area contributed by atoms with Gasteiger partial charge in [0.15, 0.2) is 0 Å². The van der Waals surface area contributed by atoms with Gasteiger partial charge in [0.05, 0.1) is 11.5 Å². The molecule has 2 heterocycles. The first-order valence-corrected chi connectivity index (χ1v) is 10.7. The fourth-order valence-electron chi connectivity index (χ4n) is 4.91. The van der Waals surface area contributed by atoms with E-state index in [-0.39, 0.29) is 42.6 Å². The lowest BCUT2D eigenvalue weighted by molar-refractivity contribution is -0.143. The van der Waals surface area contributed by atoms with Crippen LogP contribution in [0.5, 0.6) is 0 Å². The zero-order valence-electron chi connectivity index (χ0n) is 17.7. The number of aliphatic hydroxyl groups excluding tert-OH is 1. The van der Waals surface area contributed by atoms with E-state index in [1.54, 1.807) is 11.8 Å². The fourth-order valence-corrected chi connectivity index (χ4v) is 4.91. The molecule has 158 valence electrons. The van der Waals surface area contributed by atoms with E-state index in [1.165, 1.54) is 4.90 Å². The van der Waals surface area contributed by atoms with Crippen molar-refractivity contribution in [3.8, 4) is 0 Å². The third-order valence-electron chi connectivity index (χ3n) is 6.69. The third kappa shape index (κ3) is 3.95. The highest BCUT2D eigenvalue weighted by Gasteiger charge is 2.54. The average molecular weight is 401 g/mol. The minimum absolute atomic E-state index is 0.0138. The lowest BCUT2D eigenvalue weighted by Crippen LogP contribution is -2.46. The van der Waals surface area contributed by atoms with Crippen molar-refractivity contribution in [3.63, 3.8) is 0 Å². The van der Waals surface area contributed by atoms with Crippen LogP contribution in [-0.4, -0.2) is 58.4 Å². The van der Waals surface area contributed by atoms with E-state index in [1.807, 2.05) is 38.1 Å². The molecular formula is C23H32N2O4. The Kier molecular flexibility index (Phi) is 6.42. The second kappa shape index (κ2) is 8.66. The van der Waals surface area contributed by atoms with Gasteiger partial charge in [0.2, 0.25) is 17.7 Å². The van der Waals surface area contributed by atoms with Crippen LogP contribution in [0.3, 0.4) is 0 Å². The number of benzene rings is 1. The van der Waals surface area contributed by atoms with E-state index < -0.39 is 5.41 Å². The number of carbonyl (C=O) groups is 3. The number of nitrogens with zero attached hydrogens (tertiary/aromatic N) is 2. The first kappa shape index (κ1) is 21.5. The summed E-state index contributed by atoms with van der Waals surface area (Å²) < 4.78 is 0. The molecule has 2 atom stereocenters. The van der Waals surface area contributed by atoms with Gasteiger partial charge in [-0.1, -0.05) is 31.2 Å². The van der Waals surface area contributed by atoms with Crippen LogP contribution in [0.1, 0.15) is 57.1 Å². The predicted molar refractivity (Wildman–Crippen MR) is 110 cm³/mol. The van der Waals surface area contributed by atoms with Gasteiger partial charge in [-0.3, -0.25) is 19.3 Å². The number of aliphatic hydroxyl groups is 1. The zero-order chi connectivity index (χ0) is 21.2. The Hall–Kier alpha value is -2.21. The zero-order valence-corrected chi connectivity index (χ0v) is 17.7. The Bertz CT molecular complexity index is 785. The molecule has 1 aromatic rings. The molecule has 0 aromatic heterocycles. The van der Waals surface area contributed by atoms with Gasteiger partial charge in [-0.15, -0.1) is 0 Å². The van der Waals surface area contributed by atoms with Crippen molar-refractivity contribution in [1.82, 2.24) is 9.80 Å². The third-order valence-corrected chi connectivity index (χ3v) is 6.69. The van der Waals surface area contributed by atoms with Gasteiger partial charge in [-0.05, 0) is 50.2 Å². The lowest BCUT2D eigenvalue weighted by Gasteiger charge is -2.36. The molecule has 2 saturated heterocycles. The van der Waals surface area contributed by atoms with Crippen molar-refractivity contribution in [2.24, 2.45) is 5.92 Å². The van der Waals surface area contributed by atoms with Crippen LogP contribution in [0.4, 0.5) is 0 Å². The van der Waals surface area contributed by atoms with Crippen molar-refractivity contribution in [2.75, 3.05) is 19.6 Å². The summed E-state index contributed by atoms with van der Waals surface area (Å²) in [5, 5.41) is 10.1. The maximum atomic E-state index is 13.3. The molecule has 29 heavy (non-hydrogen) atoms. The lowest BCUT2D eigenvalue weighted by atomic mass is 9.73. The fraction of sp³-hybridized carbons (Fsp3) is 0.609.